The van der Waals surface area contributed by atoms with Gasteiger partial charge < -0.3 is 9.73 Å². The normalized spacial score (nSPS) is 17.0. The minimum absolute atomic E-state index is 0.123. The number of hydrogen-bond acceptors (Lipinski definition) is 5. The van der Waals surface area contributed by atoms with E-state index in [0.717, 1.165) is 18.8 Å². The molecule has 21 heavy (non-hydrogen) atoms. The number of H-pyrrole nitrogens is 1. The Morgan fingerprint density at radius 3 is 3.00 bits per heavy atom. The Morgan fingerprint density at radius 1 is 1.48 bits per heavy atom. The monoisotopic (exact) mass is 308 g/mol. The maximum Gasteiger partial charge on any atom is 0.285 e. The summed E-state index contributed by atoms with van der Waals surface area (Å²) in [6, 6.07) is 3.99. The second-order valence-electron chi connectivity index (χ2n) is 5.08. The zero-order chi connectivity index (χ0) is 14.7. The van der Waals surface area contributed by atoms with Crippen molar-refractivity contribution in [2.45, 2.75) is 18.9 Å². The number of anilines is 1. The number of rotatable bonds is 5. The van der Waals surface area contributed by atoms with Crippen LogP contribution in [-0.4, -0.2) is 34.7 Å². The highest BCUT2D eigenvalue weighted by molar-refractivity contribution is 6.32. The van der Waals surface area contributed by atoms with Crippen molar-refractivity contribution in [3.8, 4) is 0 Å². The molecule has 2 aromatic heterocycles. The highest BCUT2D eigenvalue weighted by Gasteiger charge is 2.25. The summed E-state index contributed by atoms with van der Waals surface area (Å²) in [6.07, 6.45) is 5.60. The first kappa shape index (κ1) is 14.2. The summed E-state index contributed by atoms with van der Waals surface area (Å²) in [6.45, 7) is 2.71. The lowest BCUT2D eigenvalue weighted by Crippen LogP contribution is -2.31. The lowest BCUT2D eigenvalue weighted by atomic mass is 10.2. The zero-order valence-electron chi connectivity index (χ0n) is 11.5. The smallest absolute Gasteiger partial charge is 0.285 e. The summed E-state index contributed by atoms with van der Waals surface area (Å²) in [7, 11) is 0. The van der Waals surface area contributed by atoms with Crippen LogP contribution in [0.5, 0.6) is 0 Å². The van der Waals surface area contributed by atoms with Gasteiger partial charge in [0.15, 0.2) is 0 Å². The highest BCUT2D eigenvalue weighted by Crippen LogP contribution is 2.26. The lowest BCUT2D eigenvalue weighted by molar-refractivity contribution is 0.225. The Morgan fingerprint density at radius 2 is 2.29 bits per heavy atom. The van der Waals surface area contributed by atoms with Gasteiger partial charge in [-0.25, -0.2) is 5.10 Å². The molecule has 1 fully saturated rings. The van der Waals surface area contributed by atoms with E-state index in [4.69, 9.17) is 16.0 Å². The van der Waals surface area contributed by atoms with Crippen molar-refractivity contribution in [1.29, 1.82) is 0 Å². The molecule has 0 bridgehead atoms. The van der Waals surface area contributed by atoms with Crippen LogP contribution in [0, 0.1) is 0 Å². The van der Waals surface area contributed by atoms with Crippen LogP contribution in [0.3, 0.4) is 0 Å². The molecule has 0 spiro atoms. The van der Waals surface area contributed by atoms with Gasteiger partial charge in [0, 0.05) is 6.54 Å². The molecule has 0 aromatic carbocycles. The largest absolute Gasteiger partial charge is 0.468 e. The average Bonchev–Trinajstić information content (AvgIpc) is 3.17. The molecule has 1 unspecified atom stereocenters. The first-order valence-corrected chi connectivity index (χ1v) is 7.38. The number of aromatic nitrogens is 2. The van der Waals surface area contributed by atoms with Crippen LogP contribution < -0.4 is 10.9 Å². The number of halogens is 1. The third-order valence-electron chi connectivity index (χ3n) is 3.73. The summed E-state index contributed by atoms with van der Waals surface area (Å²) in [5, 5.41) is 9.40. The third kappa shape index (κ3) is 3.11. The molecular weight excluding hydrogens is 292 g/mol. The minimum Gasteiger partial charge on any atom is -0.468 e. The van der Waals surface area contributed by atoms with Gasteiger partial charge >= 0.3 is 0 Å². The number of hydrogen-bond donors (Lipinski definition) is 2. The van der Waals surface area contributed by atoms with E-state index in [9.17, 15) is 4.79 Å². The SMILES string of the molecule is O=c1[nH]ncc(NCC(c2ccco2)N2CCCC2)c1Cl. The standard InChI is InChI=1S/C14H17ClN4O2/c15-13-10(8-17-18-14(13)20)16-9-11(12-4-3-7-21-12)19-5-1-2-6-19/h3-4,7-8,11H,1-2,5-6,9H2,(H2,16,18,20). The van der Waals surface area contributed by atoms with Crippen molar-refractivity contribution >= 4 is 17.3 Å². The number of furan rings is 1. The first-order chi connectivity index (χ1) is 10.3. The Balaban J connectivity index is 1.76. The van der Waals surface area contributed by atoms with E-state index in [2.05, 4.69) is 20.4 Å². The molecule has 0 aliphatic carbocycles. The molecule has 2 aromatic rings. The zero-order valence-corrected chi connectivity index (χ0v) is 12.3. The van der Waals surface area contributed by atoms with Crippen molar-refractivity contribution in [3.63, 3.8) is 0 Å². The molecule has 7 heteroatoms. The highest BCUT2D eigenvalue weighted by atomic mass is 35.5. The van der Waals surface area contributed by atoms with Crippen LogP contribution in [0.4, 0.5) is 5.69 Å². The van der Waals surface area contributed by atoms with E-state index in [-0.39, 0.29) is 11.1 Å². The van der Waals surface area contributed by atoms with Crippen LogP contribution in [0.1, 0.15) is 24.6 Å². The lowest BCUT2D eigenvalue weighted by Gasteiger charge is -2.26. The number of nitrogens with one attached hydrogen (secondary N) is 2. The molecule has 1 saturated heterocycles. The van der Waals surface area contributed by atoms with Crippen LogP contribution in [0.2, 0.25) is 5.02 Å². The number of aromatic amines is 1. The van der Waals surface area contributed by atoms with Crippen LogP contribution in [0.25, 0.3) is 0 Å². The van der Waals surface area contributed by atoms with Gasteiger partial charge in [-0.1, -0.05) is 11.6 Å². The molecule has 3 heterocycles. The van der Waals surface area contributed by atoms with E-state index in [1.165, 1.54) is 19.0 Å². The summed E-state index contributed by atoms with van der Waals surface area (Å²) < 4.78 is 5.55. The second kappa shape index (κ2) is 6.32. The van der Waals surface area contributed by atoms with Crippen LogP contribution in [0.15, 0.2) is 33.8 Å². The first-order valence-electron chi connectivity index (χ1n) is 7.00. The van der Waals surface area contributed by atoms with Crippen LogP contribution in [-0.2, 0) is 0 Å². The van der Waals surface area contributed by atoms with Gasteiger partial charge in [-0.15, -0.1) is 0 Å². The average molecular weight is 309 g/mol. The second-order valence-corrected chi connectivity index (χ2v) is 5.46. The molecule has 3 rings (SSSR count). The van der Waals surface area contributed by atoms with E-state index in [1.54, 1.807) is 6.26 Å². The summed E-state index contributed by atoms with van der Waals surface area (Å²) in [5.41, 5.74) is 0.147. The van der Waals surface area contributed by atoms with Crippen LogP contribution >= 0.6 is 11.6 Å². The number of nitrogens with zero attached hydrogens (tertiary/aromatic N) is 2. The van der Waals surface area contributed by atoms with Gasteiger partial charge in [0.05, 0.1) is 24.2 Å². The minimum atomic E-state index is -0.391. The predicted molar refractivity (Wildman–Crippen MR) is 80.6 cm³/mol. The quantitative estimate of drug-likeness (QED) is 0.886. The van der Waals surface area contributed by atoms with Gasteiger partial charge in [0.2, 0.25) is 0 Å². The van der Waals surface area contributed by atoms with Gasteiger partial charge in [0.1, 0.15) is 10.8 Å². The van der Waals surface area contributed by atoms with Crippen molar-refractivity contribution in [3.05, 3.63) is 45.7 Å². The van der Waals surface area contributed by atoms with Gasteiger partial charge in [-0.3, -0.25) is 9.69 Å². The van der Waals surface area contributed by atoms with E-state index in [1.807, 2.05) is 12.1 Å². The molecule has 2 N–H and O–H groups in total. The molecule has 112 valence electrons. The van der Waals surface area contributed by atoms with Gasteiger partial charge in [-0.05, 0) is 38.1 Å². The fourth-order valence-corrected chi connectivity index (χ4v) is 2.82. The molecule has 0 saturated carbocycles. The Bertz CT molecular complexity index is 635. The molecule has 0 amide bonds. The summed E-state index contributed by atoms with van der Waals surface area (Å²) in [4.78, 5) is 13.8. The fourth-order valence-electron chi connectivity index (χ4n) is 2.66. The molecule has 1 aliphatic heterocycles. The van der Waals surface area contributed by atoms with Gasteiger partial charge in [-0.2, -0.15) is 5.10 Å². The van der Waals surface area contributed by atoms with Gasteiger partial charge in [0.25, 0.3) is 5.56 Å². The molecule has 0 radical (unpaired) electrons. The molecule has 1 aliphatic rings. The van der Waals surface area contributed by atoms with Crippen molar-refractivity contribution in [2.24, 2.45) is 0 Å². The predicted octanol–water partition coefficient (Wildman–Crippen LogP) is 2.27. The molecule has 1 atom stereocenters. The van der Waals surface area contributed by atoms with E-state index >= 15 is 0 Å². The molecule has 6 nitrogen and oxygen atoms in total. The Kier molecular flexibility index (Phi) is 4.26. The van der Waals surface area contributed by atoms with E-state index in [0.29, 0.717) is 12.2 Å². The summed E-state index contributed by atoms with van der Waals surface area (Å²) >= 11 is 5.98. The topological polar surface area (TPSA) is 74.2 Å². The molecular formula is C14H17ClN4O2. The Hall–Kier alpha value is -1.79. The fraction of sp³-hybridized carbons (Fsp3) is 0.429. The maximum absolute atomic E-state index is 11.5. The maximum atomic E-state index is 11.5. The summed E-state index contributed by atoms with van der Waals surface area (Å²) in [5.74, 6) is 0.915. The van der Waals surface area contributed by atoms with E-state index < -0.39 is 5.56 Å². The third-order valence-corrected chi connectivity index (χ3v) is 4.11. The number of likely N-dealkylation sites (tertiary alicyclic amines) is 1. The van der Waals surface area contributed by atoms with Crippen molar-refractivity contribution in [1.82, 2.24) is 15.1 Å². The Labute approximate surface area is 127 Å². The van der Waals surface area contributed by atoms with Crippen molar-refractivity contribution < 1.29 is 4.42 Å². The van der Waals surface area contributed by atoms with Crippen molar-refractivity contribution in [2.75, 3.05) is 25.0 Å².